The zero-order chi connectivity index (χ0) is 33.4. The highest BCUT2D eigenvalue weighted by Gasteiger charge is 2.34. The first-order valence-electron chi connectivity index (χ1n) is 15.5. The average Bonchev–Trinajstić information content (AvgIpc) is 3.57. The van der Waals surface area contributed by atoms with Crippen molar-refractivity contribution in [1.82, 2.24) is 10.2 Å². The number of ether oxygens (including phenoxy) is 1. The number of sulfonamides is 1. The molecule has 1 unspecified atom stereocenters. The Morgan fingerprint density at radius 2 is 1.45 bits per heavy atom. The van der Waals surface area contributed by atoms with Crippen LogP contribution in [0.4, 0.5) is 5.69 Å². The van der Waals surface area contributed by atoms with E-state index in [-0.39, 0.29) is 30.6 Å². The van der Waals surface area contributed by atoms with Crippen molar-refractivity contribution in [3.8, 4) is 11.5 Å². The monoisotopic (exact) mass is 693 g/mol. The summed E-state index contributed by atoms with van der Waals surface area (Å²) >= 11 is 12.5. The molecule has 0 radical (unpaired) electrons. The molecule has 1 N–H and O–H groups in total. The van der Waals surface area contributed by atoms with Gasteiger partial charge in [0.25, 0.3) is 0 Å². The Hall–Kier alpha value is -4.05. The number of hydrogen-bond acceptors (Lipinski definition) is 5. The highest BCUT2D eigenvalue weighted by atomic mass is 35.5. The number of amides is 2. The number of nitrogens with one attached hydrogen (secondary N) is 1. The van der Waals surface area contributed by atoms with E-state index in [0.29, 0.717) is 27.1 Å². The topological polar surface area (TPSA) is 96.0 Å². The first kappa shape index (κ1) is 34.3. The standard InChI is InChI=1S/C36H37Cl2N3O5S/c1-47(44,45)41(29-17-19-31(20-18-29)46-30-14-6-3-7-15-30)25-35(42)40(24-27-16-21-32(37)33(38)22-27)34(23-26-10-4-2-5-11-26)36(43)39-28-12-8-9-13-28/h2-7,10-11,14-22,28,34H,8-9,12-13,23-25H2,1H3,(H,39,43). The van der Waals surface area contributed by atoms with Gasteiger partial charge >= 0.3 is 0 Å². The Balaban J connectivity index is 1.47. The predicted octanol–water partition coefficient (Wildman–Crippen LogP) is 7.25. The van der Waals surface area contributed by atoms with Crippen LogP contribution in [0.5, 0.6) is 11.5 Å². The van der Waals surface area contributed by atoms with Crippen molar-refractivity contribution in [2.24, 2.45) is 0 Å². The van der Waals surface area contributed by atoms with E-state index in [0.717, 1.165) is 41.8 Å². The summed E-state index contributed by atoms with van der Waals surface area (Å²) in [5.41, 5.74) is 1.79. The minimum atomic E-state index is -3.92. The van der Waals surface area contributed by atoms with Gasteiger partial charge in [0.05, 0.1) is 22.0 Å². The lowest BCUT2D eigenvalue weighted by atomic mass is 10.0. The van der Waals surface area contributed by atoms with Gasteiger partial charge in [0.2, 0.25) is 21.8 Å². The van der Waals surface area contributed by atoms with E-state index in [4.69, 9.17) is 27.9 Å². The molecule has 0 bridgehead atoms. The molecule has 1 fully saturated rings. The van der Waals surface area contributed by atoms with Gasteiger partial charge in [-0.3, -0.25) is 13.9 Å². The Bertz CT molecular complexity index is 1770. The quantitative estimate of drug-likeness (QED) is 0.159. The fraction of sp³-hybridized carbons (Fsp3) is 0.278. The van der Waals surface area contributed by atoms with Crippen LogP contribution in [0.3, 0.4) is 0 Å². The summed E-state index contributed by atoms with van der Waals surface area (Å²) < 4.78 is 33.2. The molecule has 1 saturated carbocycles. The van der Waals surface area contributed by atoms with Crippen molar-refractivity contribution in [2.45, 2.75) is 50.7 Å². The van der Waals surface area contributed by atoms with Gasteiger partial charge in [-0.25, -0.2) is 8.42 Å². The second-order valence-corrected chi connectivity index (χ2v) is 14.4. The molecule has 246 valence electrons. The van der Waals surface area contributed by atoms with Gasteiger partial charge in [0.1, 0.15) is 24.1 Å². The Labute approximate surface area is 286 Å². The molecule has 5 rings (SSSR count). The summed E-state index contributed by atoms with van der Waals surface area (Å²) in [6.45, 7) is -0.520. The molecule has 1 aliphatic rings. The lowest BCUT2D eigenvalue weighted by molar-refractivity contribution is -0.140. The molecule has 11 heteroatoms. The normalized spacial score (nSPS) is 13.9. The van der Waals surface area contributed by atoms with Crippen LogP contribution in [0.1, 0.15) is 36.8 Å². The fourth-order valence-electron chi connectivity index (χ4n) is 5.67. The summed E-state index contributed by atoms with van der Waals surface area (Å²) in [7, 11) is -3.92. The molecule has 0 spiro atoms. The SMILES string of the molecule is CS(=O)(=O)N(CC(=O)N(Cc1ccc(Cl)c(Cl)c1)C(Cc1ccccc1)C(=O)NC1CCCC1)c1ccc(Oc2ccccc2)cc1. The molecule has 47 heavy (non-hydrogen) atoms. The highest BCUT2D eigenvalue weighted by molar-refractivity contribution is 7.92. The molecule has 8 nitrogen and oxygen atoms in total. The van der Waals surface area contributed by atoms with Crippen LogP contribution in [0, 0.1) is 0 Å². The third-order valence-electron chi connectivity index (χ3n) is 8.09. The van der Waals surface area contributed by atoms with Crippen molar-refractivity contribution in [3.63, 3.8) is 0 Å². The van der Waals surface area contributed by atoms with E-state index < -0.39 is 28.5 Å². The zero-order valence-corrected chi connectivity index (χ0v) is 28.3. The lowest BCUT2D eigenvalue weighted by Gasteiger charge is -2.34. The van der Waals surface area contributed by atoms with Crippen molar-refractivity contribution >= 4 is 50.7 Å². The van der Waals surface area contributed by atoms with E-state index >= 15 is 0 Å². The molecule has 4 aromatic carbocycles. The molecule has 0 aromatic heterocycles. The van der Waals surface area contributed by atoms with Crippen LogP contribution < -0.4 is 14.4 Å². The Kier molecular flexibility index (Phi) is 11.4. The molecule has 0 heterocycles. The van der Waals surface area contributed by atoms with Gasteiger partial charge in [-0.15, -0.1) is 0 Å². The average molecular weight is 695 g/mol. The summed E-state index contributed by atoms with van der Waals surface area (Å²) in [5, 5.41) is 3.82. The lowest BCUT2D eigenvalue weighted by Crippen LogP contribution is -2.54. The largest absolute Gasteiger partial charge is 0.457 e. The van der Waals surface area contributed by atoms with E-state index in [9.17, 15) is 18.0 Å². The minimum absolute atomic E-state index is 0.00671. The first-order chi connectivity index (χ1) is 22.6. The molecule has 2 amide bonds. The number of carbonyl (C=O) groups excluding carboxylic acids is 2. The summed E-state index contributed by atoms with van der Waals surface area (Å²) in [5.74, 6) is 0.303. The molecule has 1 atom stereocenters. The maximum absolute atomic E-state index is 14.4. The number of para-hydroxylation sites is 1. The number of rotatable bonds is 13. The number of benzene rings is 4. The van der Waals surface area contributed by atoms with Crippen LogP contribution in [0.15, 0.2) is 103 Å². The van der Waals surface area contributed by atoms with Gasteiger partial charge in [0, 0.05) is 19.0 Å². The number of anilines is 1. The minimum Gasteiger partial charge on any atom is -0.457 e. The van der Waals surface area contributed by atoms with Crippen LogP contribution in [0.2, 0.25) is 10.0 Å². The fourth-order valence-corrected chi connectivity index (χ4v) is 6.85. The molecule has 4 aromatic rings. The molecular weight excluding hydrogens is 657 g/mol. The third kappa shape index (κ3) is 9.50. The van der Waals surface area contributed by atoms with Crippen molar-refractivity contribution < 1.29 is 22.7 Å². The predicted molar refractivity (Wildman–Crippen MR) is 186 cm³/mol. The van der Waals surface area contributed by atoms with E-state index in [1.54, 1.807) is 42.5 Å². The maximum atomic E-state index is 14.4. The van der Waals surface area contributed by atoms with Gasteiger partial charge in [-0.1, -0.05) is 90.6 Å². The van der Waals surface area contributed by atoms with Crippen molar-refractivity contribution in [2.75, 3.05) is 17.1 Å². The molecule has 0 saturated heterocycles. The summed E-state index contributed by atoms with van der Waals surface area (Å²) in [4.78, 5) is 29.8. The van der Waals surface area contributed by atoms with Crippen LogP contribution in [-0.2, 0) is 32.6 Å². The van der Waals surface area contributed by atoms with Gasteiger partial charge < -0.3 is 15.0 Å². The van der Waals surface area contributed by atoms with E-state index in [1.165, 1.54) is 4.90 Å². The second kappa shape index (κ2) is 15.7. The third-order valence-corrected chi connectivity index (χ3v) is 9.97. The number of hydrogen-bond donors (Lipinski definition) is 1. The number of carbonyl (C=O) groups is 2. The van der Waals surface area contributed by atoms with Gasteiger partial charge in [0.15, 0.2) is 0 Å². The summed E-state index contributed by atoms with van der Waals surface area (Å²) in [6.07, 6.45) is 5.08. The van der Waals surface area contributed by atoms with Crippen LogP contribution >= 0.6 is 23.2 Å². The molecular formula is C36H37Cl2N3O5S. The molecule has 1 aliphatic carbocycles. The smallest absolute Gasteiger partial charge is 0.244 e. The highest BCUT2D eigenvalue weighted by Crippen LogP contribution is 2.28. The number of halogens is 2. The Morgan fingerprint density at radius 3 is 2.06 bits per heavy atom. The van der Waals surface area contributed by atoms with Crippen molar-refractivity contribution in [1.29, 1.82) is 0 Å². The number of nitrogens with zero attached hydrogens (tertiary/aromatic N) is 2. The first-order valence-corrected chi connectivity index (χ1v) is 18.1. The Morgan fingerprint density at radius 1 is 0.830 bits per heavy atom. The van der Waals surface area contributed by atoms with E-state index in [2.05, 4.69) is 5.32 Å². The van der Waals surface area contributed by atoms with Gasteiger partial charge in [-0.2, -0.15) is 0 Å². The van der Waals surface area contributed by atoms with Crippen molar-refractivity contribution in [3.05, 3.63) is 124 Å². The maximum Gasteiger partial charge on any atom is 0.244 e. The van der Waals surface area contributed by atoms with E-state index in [1.807, 2.05) is 60.7 Å². The summed E-state index contributed by atoms with van der Waals surface area (Å²) in [6, 6.07) is 29.2. The van der Waals surface area contributed by atoms with Crippen LogP contribution in [0.25, 0.3) is 0 Å². The molecule has 0 aliphatic heterocycles. The van der Waals surface area contributed by atoms with Gasteiger partial charge in [-0.05, 0) is 72.5 Å². The second-order valence-electron chi connectivity index (χ2n) is 11.6. The van der Waals surface area contributed by atoms with Crippen LogP contribution in [-0.4, -0.2) is 50.0 Å². The zero-order valence-electron chi connectivity index (χ0n) is 26.0.